The number of hydrogen-bond acceptors (Lipinski definition) is 2. The second kappa shape index (κ2) is 5.17. The fraction of sp³-hybridized carbons (Fsp3) is 0.438. The van der Waals surface area contributed by atoms with Crippen molar-refractivity contribution < 1.29 is 0 Å². The zero-order valence-electron chi connectivity index (χ0n) is 11.7. The van der Waals surface area contributed by atoms with Crippen LogP contribution in [0.2, 0.25) is 0 Å². The van der Waals surface area contributed by atoms with Crippen LogP contribution in [0.25, 0.3) is 0 Å². The molecular weight excluding hydrogens is 234 g/mol. The zero-order valence-corrected chi connectivity index (χ0v) is 11.7. The second-order valence-electron chi connectivity index (χ2n) is 5.56. The van der Waals surface area contributed by atoms with Crippen LogP contribution in [0.4, 0.5) is 0 Å². The van der Waals surface area contributed by atoms with Crippen LogP contribution in [0.5, 0.6) is 0 Å². The van der Waals surface area contributed by atoms with Crippen LogP contribution in [0.1, 0.15) is 35.6 Å². The van der Waals surface area contributed by atoms with E-state index in [1.807, 2.05) is 17.9 Å². The first-order valence-electron chi connectivity index (χ1n) is 7.00. The number of rotatable bonds is 3. The maximum absolute atomic E-state index is 4.30. The predicted octanol–water partition coefficient (Wildman–Crippen LogP) is 3.07. The number of likely N-dealkylation sites (tertiary alicyclic amines) is 1. The smallest absolute Gasteiger partial charge is 0.0537 e. The molecule has 1 unspecified atom stereocenters. The van der Waals surface area contributed by atoms with E-state index in [1.54, 1.807) is 0 Å². The number of aromatic nitrogens is 2. The highest BCUT2D eigenvalue weighted by Crippen LogP contribution is 2.32. The van der Waals surface area contributed by atoms with E-state index in [-0.39, 0.29) is 0 Å². The third-order valence-corrected chi connectivity index (χ3v) is 3.98. The largest absolute Gasteiger partial charge is 0.292 e. The molecule has 1 fully saturated rings. The molecule has 0 spiro atoms. The minimum atomic E-state index is 0.537. The molecule has 2 aromatic rings. The number of benzene rings is 1. The lowest BCUT2D eigenvalue weighted by atomic mass is 10.1. The van der Waals surface area contributed by atoms with E-state index in [0.717, 1.165) is 6.54 Å². The van der Waals surface area contributed by atoms with Crippen molar-refractivity contribution in [3.8, 4) is 0 Å². The Morgan fingerprint density at radius 1 is 1.26 bits per heavy atom. The molecule has 0 amide bonds. The Balaban J connectivity index is 1.74. The molecule has 2 heterocycles. The van der Waals surface area contributed by atoms with Crippen LogP contribution in [0.3, 0.4) is 0 Å². The van der Waals surface area contributed by atoms with Gasteiger partial charge >= 0.3 is 0 Å². The molecule has 1 aromatic carbocycles. The van der Waals surface area contributed by atoms with Gasteiger partial charge in [0.2, 0.25) is 0 Å². The summed E-state index contributed by atoms with van der Waals surface area (Å²) in [5.74, 6) is 0. The third-order valence-electron chi connectivity index (χ3n) is 3.98. The molecule has 0 bridgehead atoms. The van der Waals surface area contributed by atoms with Crippen molar-refractivity contribution >= 4 is 0 Å². The summed E-state index contributed by atoms with van der Waals surface area (Å²) in [5, 5.41) is 4.30. The van der Waals surface area contributed by atoms with Gasteiger partial charge in [-0.3, -0.25) is 9.58 Å². The molecule has 3 heteroatoms. The summed E-state index contributed by atoms with van der Waals surface area (Å²) < 4.78 is 1.90. The molecule has 1 saturated heterocycles. The van der Waals surface area contributed by atoms with Crippen molar-refractivity contribution in [3.63, 3.8) is 0 Å². The quantitative estimate of drug-likeness (QED) is 0.840. The molecule has 1 aromatic heterocycles. The summed E-state index contributed by atoms with van der Waals surface area (Å²) in [7, 11) is 1.99. The average molecular weight is 255 g/mol. The molecule has 0 aliphatic carbocycles. The van der Waals surface area contributed by atoms with Gasteiger partial charge in [-0.25, -0.2) is 0 Å². The van der Waals surface area contributed by atoms with Crippen molar-refractivity contribution in [3.05, 3.63) is 53.3 Å². The number of aryl methyl sites for hydroxylation is 2. The van der Waals surface area contributed by atoms with E-state index in [1.165, 1.54) is 36.1 Å². The fourth-order valence-corrected chi connectivity index (χ4v) is 2.93. The molecule has 100 valence electrons. The van der Waals surface area contributed by atoms with E-state index < -0.39 is 0 Å². The Morgan fingerprint density at radius 2 is 2.05 bits per heavy atom. The van der Waals surface area contributed by atoms with Crippen molar-refractivity contribution in [2.24, 2.45) is 7.05 Å². The van der Waals surface area contributed by atoms with Crippen LogP contribution in [-0.2, 0) is 13.6 Å². The topological polar surface area (TPSA) is 21.1 Å². The normalized spacial score (nSPS) is 20.0. The summed E-state index contributed by atoms with van der Waals surface area (Å²) >= 11 is 0. The van der Waals surface area contributed by atoms with E-state index in [9.17, 15) is 0 Å². The second-order valence-corrected chi connectivity index (χ2v) is 5.56. The molecule has 3 rings (SSSR count). The highest BCUT2D eigenvalue weighted by atomic mass is 15.3. The maximum atomic E-state index is 4.30. The molecule has 1 atom stereocenters. The van der Waals surface area contributed by atoms with Gasteiger partial charge in [0.25, 0.3) is 0 Å². The first-order chi connectivity index (χ1) is 9.22. The Bertz CT molecular complexity index is 541. The Hall–Kier alpha value is -1.61. The number of nitrogens with zero attached hydrogens (tertiary/aromatic N) is 3. The van der Waals surface area contributed by atoms with Crippen molar-refractivity contribution in [1.29, 1.82) is 0 Å². The molecule has 0 N–H and O–H groups in total. The van der Waals surface area contributed by atoms with Crippen molar-refractivity contribution in [2.75, 3.05) is 6.54 Å². The minimum absolute atomic E-state index is 0.537. The van der Waals surface area contributed by atoms with Gasteiger partial charge < -0.3 is 0 Å². The lowest BCUT2D eigenvalue weighted by molar-refractivity contribution is 0.248. The lowest BCUT2D eigenvalue weighted by Crippen LogP contribution is -2.22. The van der Waals surface area contributed by atoms with Gasteiger partial charge in [0.1, 0.15) is 0 Å². The highest BCUT2D eigenvalue weighted by molar-refractivity contribution is 5.22. The Morgan fingerprint density at radius 3 is 2.74 bits per heavy atom. The highest BCUT2D eigenvalue weighted by Gasteiger charge is 2.26. The maximum Gasteiger partial charge on any atom is 0.0537 e. The van der Waals surface area contributed by atoms with Gasteiger partial charge in [-0.15, -0.1) is 0 Å². The standard InChI is InChI=1S/C16H21N3/c1-13-5-7-14(8-6-13)11-19-9-3-4-16(19)15-10-17-18(2)12-15/h5-8,10,12,16H,3-4,9,11H2,1-2H3. The zero-order chi connectivity index (χ0) is 13.2. The SMILES string of the molecule is Cc1ccc(CN2CCCC2c2cnn(C)c2)cc1. The van der Waals surface area contributed by atoms with Gasteiger partial charge in [0, 0.05) is 31.4 Å². The van der Waals surface area contributed by atoms with Gasteiger partial charge in [-0.05, 0) is 31.9 Å². The number of hydrogen-bond donors (Lipinski definition) is 0. The van der Waals surface area contributed by atoms with E-state index >= 15 is 0 Å². The van der Waals surface area contributed by atoms with Gasteiger partial charge in [0.05, 0.1) is 6.20 Å². The fourth-order valence-electron chi connectivity index (χ4n) is 2.93. The van der Waals surface area contributed by atoms with Crippen LogP contribution in [-0.4, -0.2) is 21.2 Å². The minimum Gasteiger partial charge on any atom is -0.292 e. The van der Waals surface area contributed by atoms with E-state index in [2.05, 4.69) is 47.4 Å². The molecule has 3 nitrogen and oxygen atoms in total. The van der Waals surface area contributed by atoms with Gasteiger partial charge in [-0.1, -0.05) is 29.8 Å². The lowest BCUT2D eigenvalue weighted by Gasteiger charge is -2.23. The monoisotopic (exact) mass is 255 g/mol. The Kier molecular flexibility index (Phi) is 3.38. The molecule has 0 radical (unpaired) electrons. The summed E-state index contributed by atoms with van der Waals surface area (Å²) in [6.07, 6.45) is 6.69. The first kappa shape index (κ1) is 12.4. The molecule has 19 heavy (non-hydrogen) atoms. The Labute approximate surface area is 114 Å². The molecule has 1 aliphatic rings. The molecule has 0 saturated carbocycles. The summed E-state index contributed by atoms with van der Waals surface area (Å²) in [4.78, 5) is 2.57. The molecular formula is C16H21N3. The average Bonchev–Trinajstić information content (AvgIpc) is 3.01. The molecule has 1 aliphatic heterocycles. The van der Waals surface area contributed by atoms with Crippen LogP contribution in [0, 0.1) is 6.92 Å². The van der Waals surface area contributed by atoms with E-state index in [0.29, 0.717) is 6.04 Å². The summed E-state index contributed by atoms with van der Waals surface area (Å²) in [6, 6.07) is 9.42. The third kappa shape index (κ3) is 2.71. The van der Waals surface area contributed by atoms with Gasteiger partial charge in [0.15, 0.2) is 0 Å². The van der Waals surface area contributed by atoms with E-state index in [4.69, 9.17) is 0 Å². The van der Waals surface area contributed by atoms with Crippen molar-refractivity contribution in [1.82, 2.24) is 14.7 Å². The summed E-state index contributed by atoms with van der Waals surface area (Å²) in [6.45, 7) is 4.37. The van der Waals surface area contributed by atoms with Crippen molar-refractivity contribution in [2.45, 2.75) is 32.4 Å². The predicted molar refractivity (Wildman–Crippen MR) is 76.8 cm³/mol. The van der Waals surface area contributed by atoms with Crippen LogP contribution in [0.15, 0.2) is 36.7 Å². The first-order valence-corrected chi connectivity index (χ1v) is 7.00. The summed E-state index contributed by atoms with van der Waals surface area (Å²) in [5.41, 5.74) is 4.09. The van der Waals surface area contributed by atoms with Crippen LogP contribution >= 0.6 is 0 Å². The van der Waals surface area contributed by atoms with Crippen LogP contribution < -0.4 is 0 Å². The van der Waals surface area contributed by atoms with Gasteiger partial charge in [-0.2, -0.15) is 5.10 Å².